The number of rotatable bonds is 9. The van der Waals surface area contributed by atoms with Gasteiger partial charge in [-0.3, -0.25) is 14.4 Å². The smallest absolute Gasteiger partial charge is 0.326 e. The number of nitrogens with one attached hydrogen (secondary N) is 2. The van der Waals surface area contributed by atoms with Gasteiger partial charge in [0.1, 0.15) is 17.7 Å². The van der Waals surface area contributed by atoms with Gasteiger partial charge in [0.15, 0.2) is 0 Å². The number of hydrogen-bond acceptors (Lipinski definition) is 9. The van der Waals surface area contributed by atoms with Gasteiger partial charge in [-0.15, -0.1) is 0 Å². The maximum Gasteiger partial charge on any atom is 0.326 e. The summed E-state index contributed by atoms with van der Waals surface area (Å²) in [5.41, 5.74) is 13.1. The number of fused-ring (bicyclic) bond motifs is 1. The Morgan fingerprint density at radius 2 is 1.88 bits per heavy atom. The number of carbonyl (C=O) groups excluding carboxylic acids is 2. The number of anilines is 4. The zero-order chi connectivity index (χ0) is 25.0. The van der Waals surface area contributed by atoms with E-state index in [2.05, 4.69) is 20.6 Å². The zero-order valence-electron chi connectivity index (χ0n) is 18.3. The van der Waals surface area contributed by atoms with Gasteiger partial charge in [-0.1, -0.05) is 0 Å². The van der Waals surface area contributed by atoms with Gasteiger partial charge >= 0.3 is 11.9 Å². The molecule has 8 N–H and O–H groups in total. The summed E-state index contributed by atoms with van der Waals surface area (Å²) in [4.78, 5) is 56.7. The van der Waals surface area contributed by atoms with Crippen molar-refractivity contribution in [2.24, 2.45) is 5.92 Å². The fourth-order valence-electron chi connectivity index (χ4n) is 3.60. The van der Waals surface area contributed by atoms with Gasteiger partial charge in [0.05, 0.1) is 5.92 Å². The molecule has 1 aliphatic rings. The van der Waals surface area contributed by atoms with E-state index < -0.39 is 29.8 Å². The van der Waals surface area contributed by atoms with Crippen LogP contribution in [0, 0.1) is 5.92 Å². The first kappa shape index (κ1) is 24.2. The van der Waals surface area contributed by atoms with Crippen molar-refractivity contribution in [1.29, 1.82) is 0 Å². The zero-order valence-corrected chi connectivity index (χ0v) is 18.3. The topological polar surface area (TPSA) is 214 Å². The number of nitrogens with zero attached hydrogens (tertiary/aromatic N) is 3. The molecule has 180 valence electrons. The summed E-state index contributed by atoms with van der Waals surface area (Å²) in [6.07, 6.45) is -0.275. The van der Waals surface area contributed by atoms with Gasteiger partial charge in [-0.05, 0) is 37.1 Å². The Kier molecular flexibility index (Phi) is 7.14. The summed E-state index contributed by atoms with van der Waals surface area (Å²) in [6.45, 7) is 0.344. The Bertz CT molecular complexity index is 1120. The lowest BCUT2D eigenvalue weighted by Crippen LogP contribution is -2.41. The van der Waals surface area contributed by atoms with Crippen molar-refractivity contribution in [1.82, 2.24) is 15.3 Å². The molecule has 0 bridgehead atoms. The average molecular weight is 471 g/mol. The maximum absolute atomic E-state index is 12.5. The summed E-state index contributed by atoms with van der Waals surface area (Å²) in [5, 5.41) is 23.0. The van der Waals surface area contributed by atoms with Gasteiger partial charge in [0.25, 0.3) is 5.91 Å². The predicted octanol–water partition coefficient (Wildman–Crippen LogP) is -0.0640. The lowest BCUT2D eigenvalue weighted by atomic mass is 9.94. The highest BCUT2D eigenvalue weighted by Gasteiger charge is 2.30. The third kappa shape index (κ3) is 5.68. The molecular weight excluding hydrogens is 446 g/mol. The van der Waals surface area contributed by atoms with Crippen LogP contribution in [0.25, 0.3) is 0 Å². The Labute approximate surface area is 194 Å². The molecule has 13 heteroatoms. The van der Waals surface area contributed by atoms with Crippen LogP contribution >= 0.6 is 0 Å². The number of carboxylic acid groups (broad SMARTS) is 2. The summed E-state index contributed by atoms with van der Waals surface area (Å²) < 4.78 is 0. The molecule has 0 radical (unpaired) electrons. The van der Waals surface area contributed by atoms with Crippen molar-refractivity contribution >= 4 is 47.0 Å². The summed E-state index contributed by atoms with van der Waals surface area (Å²) in [5.74, 6) is -3.25. The number of aliphatic carboxylic acids is 2. The van der Waals surface area contributed by atoms with Crippen LogP contribution in [0.2, 0.25) is 0 Å². The summed E-state index contributed by atoms with van der Waals surface area (Å²) in [6, 6.07) is 5.04. The number of nitrogens with two attached hydrogens (primary N) is 2. The second-order valence-corrected chi connectivity index (χ2v) is 7.91. The average Bonchev–Trinajstić information content (AvgIpc) is 2.77. The van der Waals surface area contributed by atoms with E-state index in [9.17, 15) is 24.3 Å². The predicted molar refractivity (Wildman–Crippen MR) is 122 cm³/mol. The molecule has 0 saturated heterocycles. The van der Waals surface area contributed by atoms with E-state index >= 15 is 0 Å². The van der Waals surface area contributed by atoms with E-state index in [1.807, 2.05) is 4.90 Å². The Morgan fingerprint density at radius 1 is 1.21 bits per heavy atom. The number of aromatic nitrogens is 2. The molecule has 2 heterocycles. The molecule has 0 fully saturated rings. The third-order valence-corrected chi connectivity index (χ3v) is 5.43. The molecular formula is C21H25N7O6. The number of hydrogen-bond donors (Lipinski definition) is 6. The fraction of sp³-hybridized carbons (Fsp3) is 0.333. The van der Waals surface area contributed by atoms with Crippen molar-refractivity contribution in [3.63, 3.8) is 0 Å². The molecule has 1 aliphatic heterocycles. The van der Waals surface area contributed by atoms with Crippen molar-refractivity contribution in [3.05, 3.63) is 35.4 Å². The van der Waals surface area contributed by atoms with Crippen molar-refractivity contribution in [2.45, 2.75) is 25.3 Å². The first-order chi connectivity index (χ1) is 16.0. The molecule has 34 heavy (non-hydrogen) atoms. The third-order valence-electron chi connectivity index (χ3n) is 5.43. The van der Waals surface area contributed by atoms with Gasteiger partial charge in [-0.2, -0.15) is 9.97 Å². The summed E-state index contributed by atoms with van der Waals surface area (Å²) >= 11 is 0. The number of carbonyl (C=O) groups is 4. The molecule has 0 aliphatic carbocycles. The van der Waals surface area contributed by atoms with E-state index in [1.165, 1.54) is 12.1 Å². The standard InChI is InChI=1S/C21H25N7O6/c1-28(9-11-8-13-16(22)25-21(23)27-17(13)26-19(11)32)12-4-2-10(3-5-12)18(31)24-14(20(33)34)6-7-15(29)30/h2-5,11,14H,6-9H2,1H3,(H,24,31)(H,29,30)(H,33,34)(H5,22,23,25,26,27,32)/t11?,14-/m0/s1. The molecule has 2 aromatic rings. The largest absolute Gasteiger partial charge is 0.481 e. The highest BCUT2D eigenvalue weighted by molar-refractivity contribution is 5.97. The van der Waals surface area contributed by atoms with Crippen LogP contribution in [0.15, 0.2) is 24.3 Å². The molecule has 1 aromatic carbocycles. The number of amides is 2. The van der Waals surface area contributed by atoms with Crippen LogP contribution in [0.4, 0.5) is 23.3 Å². The van der Waals surface area contributed by atoms with Crippen LogP contribution in [-0.4, -0.2) is 63.6 Å². The molecule has 2 atom stereocenters. The minimum atomic E-state index is -1.31. The Hall–Kier alpha value is -4.42. The minimum Gasteiger partial charge on any atom is -0.481 e. The van der Waals surface area contributed by atoms with Crippen LogP contribution in [0.1, 0.15) is 28.8 Å². The van der Waals surface area contributed by atoms with Crippen molar-refractivity contribution in [2.75, 3.05) is 35.3 Å². The number of nitrogen functional groups attached to an aromatic ring is 2. The fourth-order valence-corrected chi connectivity index (χ4v) is 3.60. The van der Waals surface area contributed by atoms with Crippen LogP contribution in [-0.2, 0) is 20.8 Å². The van der Waals surface area contributed by atoms with E-state index in [0.717, 1.165) is 5.69 Å². The van der Waals surface area contributed by atoms with E-state index in [1.54, 1.807) is 19.2 Å². The molecule has 1 unspecified atom stereocenters. The lowest BCUT2D eigenvalue weighted by Gasteiger charge is -2.29. The summed E-state index contributed by atoms with van der Waals surface area (Å²) in [7, 11) is 1.78. The van der Waals surface area contributed by atoms with E-state index in [0.29, 0.717) is 24.3 Å². The molecule has 2 amide bonds. The molecule has 3 rings (SSSR count). The van der Waals surface area contributed by atoms with Crippen molar-refractivity contribution < 1.29 is 29.4 Å². The van der Waals surface area contributed by atoms with Gasteiger partial charge < -0.3 is 37.2 Å². The normalized spacial score (nSPS) is 15.6. The second-order valence-electron chi connectivity index (χ2n) is 7.91. The van der Waals surface area contributed by atoms with Crippen LogP contribution < -0.4 is 27.0 Å². The van der Waals surface area contributed by atoms with Crippen molar-refractivity contribution in [3.8, 4) is 0 Å². The van der Waals surface area contributed by atoms with E-state index in [4.69, 9.17) is 16.6 Å². The number of benzene rings is 1. The molecule has 0 spiro atoms. The van der Waals surface area contributed by atoms with Crippen LogP contribution in [0.3, 0.4) is 0 Å². The molecule has 13 nitrogen and oxygen atoms in total. The second kappa shape index (κ2) is 10.0. The van der Waals surface area contributed by atoms with Crippen LogP contribution in [0.5, 0.6) is 0 Å². The Balaban J connectivity index is 1.64. The highest BCUT2D eigenvalue weighted by atomic mass is 16.4. The SMILES string of the molecule is CN(CC1Cc2c(N)nc(N)nc2NC1=O)c1ccc(C(=O)N[C@@H](CCC(=O)O)C(=O)O)cc1. The quantitative estimate of drug-likeness (QED) is 0.285. The Morgan fingerprint density at radius 3 is 2.50 bits per heavy atom. The van der Waals surface area contributed by atoms with E-state index in [-0.39, 0.29) is 36.1 Å². The first-order valence-electron chi connectivity index (χ1n) is 10.3. The monoisotopic (exact) mass is 471 g/mol. The first-order valence-corrected chi connectivity index (χ1v) is 10.3. The minimum absolute atomic E-state index is 0.0206. The molecule has 1 aromatic heterocycles. The molecule has 0 saturated carbocycles. The van der Waals surface area contributed by atoms with Gasteiger partial charge in [0, 0.05) is 36.8 Å². The maximum atomic E-state index is 12.5. The lowest BCUT2D eigenvalue weighted by molar-refractivity contribution is -0.140. The van der Waals surface area contributed by atoms with Gasteiger partial charge in [0.2, 0.25) is 11.9 Å². The highest BCUT2D eigenvalue weighted by Crippen LogP contribution is 2.29. The number of carboxylic acids is 2. The van der Waals surface area contributed by atoms with Gasteiger partial charge in [-0.25, -0.2) is 4.79 Å².